The molecule has 1 aliphatic carbocycles. The smallest absolute Gasteiger partial charge is 0.410 e. The summed E-state index contributed by atoms with van der Waals surface area (Å²) in [4.78, 5) is 40.9. The maximum Gasteiger partial charge on any atom is 0.410 e. The number of ketones is 1. The first-order valence-electron chi connectivity index (χ1n) is 11.4. The Hall–Kier alpha value is -2.41. The number of likely N-dealkylation sites (N-methyl/N-ethyl adjacent to an activating group) is 1. The van der Waals surface area contributed by atoms with E-state index in [0.29, 0.717) is 25.8 Å². The molecule has 1 amide bonds. The van der Waals surface area contributed by atoms with Crippen molar-refractivity contribution in [2.75, 3.05) is 20.7 Å². The minimum absolute atomic E-state index is 0.0728. The molecule has 1 aromatic carbocycles. The zero-order chi connectivity index (χ0) is 23.5. The molecule has 2 atom stereocenters. The van der Waals surface area contributed by atoms with Crippen molar-refractivity contribution in [3.63, 3.8) is 0 Å². The van der Waals surface area contributed by atoms with Crippen LogP contribution in [0.1, 0.15) is 58.4 Å². The summed E-state index contributed by atoms with van der Waals surface area (Å²) in [6.07, 6.45) is 4.45. The normalized spacial score (nSPS) is 21.9. The fraction of sp³-hybridized carbons (Fsp3) is 0.640. The second kappa shape index (κ2) is 9.61. The first-order valence-corrected chi connectivity index (χ1v) is 11.4. The van der Waals surface area contributed by atoms with Gasteiger partial charge in [0, 0.05) is 38.0 Å². The quantitative estimate of drug-likeness (QED) is 0.624. The molecule has 176 valence electrons. The second-order valence-corrected chi connectivity index (χ2v) is 10.1. The lowest BCUT2D eigenvalue weighted by molar-refractivity contribution is -0.124. The molecular weight excluding hydrogens is 408 g/mol. The lowest BCUT2D eigenvalue weighted by atomic mass is 9.78. The number of amides is 1. The summed E-state index contributed by atoms with van der Waals surface area (Å²) < 4.78 is 10.8. The standard InChI is InChI=1S/C25H36N2O5/c1-24(2,3)32-23(30)26(4)20-15-25(12-10-21(29)11-13-25)27(16-20)19(17-28)14-18-6-8-22(31-5)9-7-18/h6-9,17,19-20H,10-16H2,1-5H3/t19-,20-/m0/s1. The van der Waals surface area contributed by atoms with Gasteiger partial charge >= 0.3 is 6.09 Å². The fourth-order valence-electron chi connectivity index (χ4n) is 4.99. The van der Waals surface area contributed by atoms with Gasteiger partial charge in [0.1, 0.15) is 23.4 Å². The number of Topliss-reactive ketones (excluding diaryl/α,β-unsaturated/α-hetero) is 1. The van der Waals surface area contributed by atoms with E-state index in [4.69, 9.17) is 9.47 Å². The molecular formula is C25H36N2O5. The molecule has 0 aromatic heterocycles. The van der Waals surface area contributed by atoms with E-state index in [1.807, 2.05) is 45.0 Å². The Balaban J connectivity index is 1.82. The van der Waals surface area contributed by atoms with E-state index >= 15 is 0 Å². The van der Waals surface area contributed by atoms with Crippen LogP contribution in [0.4, 0.5) is 4.79 Å². The van der Waals surface area contributed by atoms with Gasteiger partial charge in [-0.2, -0.15) is 0 Å². The largest absolute Gasteiger partial charge is 0.497 e. The number of ether oxygens (including phenoxy) is 2. The monoisotopic (exact) mass is 444 g/mol. The van der Waals surface area contributed by atoms with Crippen LogP contribution in [0, 0.1) is 0 Å². The maximum atomic E-state index is 12.7. The van der Waals surface area contributed by atoms with Crippen LogP contribution in [0.15, 0.2) is 24.3 Å². The van der Waals surface area contributed by atoms with Crippen molar-refractivity contribution in [2.45, 2.75) is 82.5 Å². The van der Waals surface area contributed by atoms with Gasteiger partial charge in [0.25, 0.3) is 0 Å². The Kier molecular flexibility index (Phi) is 7.28. The number of aldehydes is 1. The number of benzene rings is 1. The molecule has 1 heterocycles. The minimum Gasteiger partial charge on any atom is -0.497 e. The van der Waals surface area contributed by atoms with Gasteiger partial charge in [-0.25, -0.2) is 4.79 Å². The van der Waals surface area contributed by atoms with Crippen LogP contribution in [0.3, 0.4) is 0 Å². The fourth-order valence-corrected chi connectivity index (χ4v) is 4.99. The lowest BCUT2D eigenvalue weighted by Crippen LogP contribution is -2.52. The van der Waals surface area contributed by atoms with Gasteiger partial charge in [0.15, 0.2) is 0 Å². The molecule has 0 radical (unpaired) electrons. The molecule has 7 nitrogen and oxygen atoms in total. The van der Waals surface area contributed by atoms with Crippen LogP contribution in [0.2, 0.25) is 0 Å². The Labute approximate surface area is 191 Å². The molecule has 2 aliphatic rings. The van der Waals surface area contributed by atoms with E-state index < -0.39 is 5.60 Å². The molecule has 1 spiro atoms. The van der Waals surface area contributed by atoms with Crippen LogP contribution in [-0.4, -0.2) is 71.9 Å². The first-order chi connectivity index (χ1) is 15.1. The van der Waals surface area contributed by atoms with Crippen molar-refractivity contribution in [2.24, 2.45) is 0 Å². The molecule has 0 bridgehead atoms. The minimum atomic E-state index is -0.571. The number of hydrogen-bond donors (Lipinski definition) is 0. The summed E-state index contributed by atoms with van der Waals surface area (Å²) in [6, 6.07) is 7.36. The van der Waals surface area contributed by atoms with Gasteiger partial charge in [-0.1, -0.05) is 12.1 Å². The maximum absolute atomic E-state index is 12.7. The average molecular weight is 445 g/mol. The Morgan fingerprint density at radius 2 is 1.88 bits per heavy atom. The summed E-state index contributed by atoms with van der Waals surface area (Å²) in [5.74, 6) is 1.05. The predicted molar refractivity (Wildman–Crippen MR) is 122 cm³/mol. The summed E-state index contributed by atoms with van der Waals surface area (Å²) >= 11 is 0. The summed E-state index contributed by atoms with van der Waals surface area (Å²) in [7, 11) is 3.40. The third-order valence-corrected chi connectivity index (χ3v) is 6.76. The van der Waals surface area contributed by atoms with E-state index in [9.17, 15) is 14.4 Å². The zero-order valence-corrected chi connectivity index (χ0v) is 19.9. The predicted octanol–water partition coefficient (Wildman–Crippen LogP) is 3.63. The van der Waals surface area contributed by atoms with E-state index in [1.54, 1.807) is 19.1 Å². The Morgan fingerprint density at radius 3 is 2.41 bits per heavy atom. The first kappa shape index (κ1) is 24.2. The van der Waals surface area contributed by atoms with E-state index in [2.05, 4.69) is 4.90 Å². The number of nitrogens with zero attached hydrogens (tertiary/aromatic N) is 2. The molecule has 1 saturated heterocycles. The van der Waals surface area contributed by atoms with Crippen molar-refractivity contribution in [3.05, 3.63) is 29.8 Å². The average Bonchev–Trinajstić information content (AvgIpc) is 3.11. The molecule has 1 saturated carbocycles. The van der Waals surface area contributed by atoms with Gasteiger partial charge in [0.05, 0.1) is 13.2 Å². The van der Waals surface area contributed by atoms with Gasteiger partial charge in [0.2, 0.25) is 0 Å². The van der Waals surface area contributed by atoms with Gasteiger partial charge in [-0.05, 0) is 64.2 Å². The molecule has 3 rings (SSSR count). The topological polar surface area (TPSA) is 76.2 Å². The number of likely N-dealkylation sites (tertiary alicyclic amines) is 1. The Bertz CT molecular complexity index is 820. The highest BCUT2D eigenvalue weighted by molar-refractivity contribution is 5.79. The highest BCUT2D eigenvalue weighted by atomic mass is 16.6. The van der Waals surface area contributed by atoms with Crippen molar-refractivity contribution in [3.8, 4) is 5.75 Å². The molecule has 1 aliphatic heterocycles. The molecule has 7 heteroatoms. The highest BCUT2D eigenvalue weighted by Gasteiger charge is 2.51. The van der Waals surface area contributed by atoms with Crippen molar-refractivity contribution in [1.29, 1.82) is 0 Å². The Morgan fingerprint density at radius 1 is 1.25 bits per heavy atom. The number of rotatable bonds is 6. The number of hydrogen-bond acceptors (Lipinski definition) is 6. The van der Waals surface area contributed by atoms with Crippen molar-refractivity contribution < 1.29 is 23.9 Å². The van der Waals surface area contributed by atoms with Crippen LogP contribution >= 0.6 is 0 Å². The van der Waals surface area contributed by atoms with E-state index in [0.717, 1.165) is 36.9 Å². The van der Waals surface area contributed by atoms with E-state index in [-0.39, 0.29) is 29.5 Å². The highest BCUT2D eigenvalue weighted by Crippen LogP contribution is 2.43. The van der Waals surface area contributed by atoms with Crippen molar-refractivity contribution >= 4 is 18.2 Å². The molecule has 0 unspecified atom stereocenters. The van der Waals surface area contributed by atoms with E-state index in [1.165, 1.54) is 0 Å². The summed E-state index contributed by atoms with van der Waals surface area (Å²) in [5, 5.41) is 0. The van der Waals surface area contributed by atoms with Gasteiger partial charge < -0.3 is 19.2 Å². The van der Waals surface area contributed by atoms with Crippen LogP contribution in [-0.2, 0) is 20.7 Å². The zero-order valence-electron chi connectivity index (χ0n) is 19.9. The van der Waals surface area contributed by atoms with Crippen LogP contribution < -0.4 is 4.74 Å². The van der Waals surface area contributed by atoms with Gasteiger partial charge in [-0.3, -0.25) is 9.69 Å². The SMILES string of the molecule is COc1ccc(C[C@@H](C=O)N2C[C@@H](N(C)C(=O)OC(C)(C)C)CC23CCC(=O)CC3)cc1. The summed E-state index contributed by atoms with van der Waals surface area (Å²) in [5.41, 5.74) is 0.222. The number of carbonyl (C=O) groups excluding carboxylic acids is 3. The third kappa shape index (κ3) is 5.49. The lowest BCUT2D eigenvalue weighted by Gasteiger charge is -2.43. The molecule has 2 fully saturated rings. The number of carbonyl (C=O) groups is 3. The number of methoxy groups -OCH3 is 1. The van der Waals surface area contributed by atoms with Crippen molar-refractivity contribution in [1.82, 2.24) is 9.80 Å². The van der Waals surface area contributed by atoms with Gasteiger partial charge in [-0.15, -0.1) is 0 Å². The van der Waals surface area contributed by atoms with Crippen LogP contribution in [0.25, 0.3) is 0 Å². The molecule has 0 N–H and O–H groups in total. The van der Waals surface area contributed by atoms with Crippen LogP contribution in [0.5, 0.6) is 5.75 Å². The third-order valence-electron chi connectivity index (χ3n) is 6.76. The summed E-state index contributed by atoms with van der Waals surface area (Å²) in [6.45, 7) is 6.14. The molecule has 1 aromatic rings. The molecule has 32 heavy (non-hydrogen) atoms. The second-order valence-electron chi connectivity index (χ2n) is 10.1.